The molecule has 1 aromatic carbocycles. The van der Waals surface area contributed by atoms with E-state index in [4.69, 9.17) is 0 Å². The molecule has 1 aromatic rings. The van der Waals surface area contributed by atoms with E-state index < -0.39 is 28.9 Å². The second-order valence-electron chi connectivity index (χ2n) is 4.66. The van der Waals surface area contributed by atoms with Crippen molar-refractivity contribution in [1.82, 2.24) is 4.90 Å². The summed E-state index contributed by atoms with van der Waals surface area (Å²) in [5.74, 6) is -1.41. The van der Waals surface area contributed by atoms with Gasteiger partial charge in [-0.15, -0.1) is 0 Å². The molecule has 114 valence electrons. The maximum Gasteiger partial charge on any atom is 0.417 e. The zero-order valence-electron chi connectivity index (χ0n) is 12.0. The van der Waals surface area contributed by atoms with Crippen LogP contribution in [0.2, 0.25) is 0 Å². The summed E-state index contributed by atoms with van der Waals surface area (Å²) in [4.78, 5) is 25.6. The van der Waals surface area contributed by atoms with Crippen molar-refractivity contribution >= 4 is 11.6 Å². The Morgan fingerprint density at radius 3 is 2.24 bits per heavy atom. The molecule has 1 rings (SSSR count). The lowest BCUT2D eigenvalue weighted by Gasteiger charge is -2.14. The van der Waals surface area contributed by atoms with E-state index in [9.17, 15) is 22.8 Å². The molecule has 21 heavy (non-hydrogen) atoms. The molecule has 0 radical (unpaired) electrons. The summed E-state index contributed by atoms with van der Waals surface area (Å²) >= 11 is 0. The van der Waals surface area contributed by atoms with Gasteiger partial charge in [-0.05, 0) is 6.07 Å². The molecule has 0 saturated carbocycles. The topological polar surface area (TPSA) is 37.4 Å². The highest BCUT2D eigenvalue weighted by molar-refractivity contribution is 6.26. The second-order valence-corrected chi connectivity index (χ2v) is 4.66. The predicted octanol–water partition coefficient (Wildman–Crippen LogP) is 3.31. The number of carbonyl (C=O) groups is 2. The number of Topliss-reactive ketones (excluding diaryl/α,β-unsaturated/α-hetero) is 2. The number of rotatable bonds is 5. The first-order chi connectivity index (χ1) is 9.68. The van der Waals surface area contributed by atoms with Crippen molar-refractivity contribution in [2.45, 2.75) is 19.5 Å². The summed E-state index contributed by atoms with van der Waals surface area (Å²) in [5, 5.41) is 0. The van der Waals surface area contributed by atoms with Gasteiger partial charge in [0.15, 0.2) is 11.6 Å². The minimum atomic E-state index is -4.65. The molecule has 0 atom stereocenters. The largest absolute Gasteiger partial charge is 0.417 e. The summed E-state index contributed by atoms with van der Waals surface area (Å²) in [6.45, 7) is 1.55. The third-order valence-electron chi connectivity index (χ3n) is 2.73. The van der Waals surface area contributed by atoms with Gasteiger partial charge >= 0.3 is 6.18 Å². The summed E-state index contributed by atoms with van der Waals surface area (Å²) < 4.78 is 38.9. The van der Waals surface area contributed by atoms with Gasteiger partial charge in [0, 0.05) is 32.3 Å². The SMILES string of the molecule is CCC(=O)C(=CN(C)C)C(=O)c1ccccc1C(F)(F)F. The maximum atomic E-state index is 13.0. The third kappa shape index (κ3) is 4.18. The van der Waals surface area contributed by atoms with E-state index >= 15 is 0 Å². The van der Waals surface area contributed by atoms with Gasteiger partial charge in [-0.3, -0.25) is 9.59 Å². The number of allylic oxidation sites excluding steroid dienone is 1. The summed E-state index contributed by atoms with van der Waals surface area (Å²) in [6, 6.07) is 4.46. The highest BCUT2D eigenvalue weighted by atomic mass is 19.4. The Labute approximate surface area is 121 Å². The van der Waals surface area contributed by atoms with Crippen molar-refractivity contribution < 1.29 is 22.8 Å². The number of hydrogen-bond donors (Lipinski definition) is 0. The van der Waals surface area contributed by atoms with Crippen LogP contribution in [-0.2, 0) is 11.0 Å². The molecular weight excluding hydrogens is 283 g/mol. The van der Waals surface area contributed by atoms with E-state index in [-0.39, 0.29) is 12.0 Å². The van der Waals surface area contributed by atoms with Crippen molar-refractivity contribution in [3.63, 3.8) is 0 Å². The molecule has 0 amide bonds. The number of ketones is 2. The van der Waals surface area contributed by atoms with Gasteiger partial charge in [0.25, 0.3) is 0 Å². The second kappa shape index (κ2) is 6.56. The number of benzene rings is 1. The van der Waals surface area contributed by atoms with E-state index in [1.165, 1.54) is 23.2 Å². The number of alkyl halides is 3. The Bertz CT molecular complexity index is 575. The molecule has 3 nitrogen and oxygen atoms in total. The van der Waals surface area contributed by atoms with Gasteiger partial charge in [0.1, 0.15) is 0 Å². The summed E-state index contributed by atoms with van der Waals surface area (Å²) in [6.07, 6.45) is -3.36. The zero-order chi connectivity index (χ0) is 16.2. The van der Waals surface area contributed by atoms with Crippen LogP contribution >= 0.6 is 0 Å². The van der Waals surface area contributed by atoms with Gasteiger partial charge < -0.3 is 4.90 Å². The average molecular weight is 299 g/mol. The van der Waals surface area contributed by atoms with Gasteiger partial charge in [0.05, 0.1) is 11.1 Å². The average Bonchev–Trinajstić information content (AvgIpc) is 2.42. The molecule has 0 fully saturated rings. The van der Waals surface area contributed by atoms with Crippen molar-refractivity contribution in [2.75, 3.05) is 14.1 Å². The van der Waals surface area contributed by atoms with Crippen molar-refractivity contribution in [1.29, 1.82) is 0 Å². The Morgan fingerprint density at radius 1 is 1.19 bits per heavy atom. The molecule has 0 aliphatic rings. The molecule has 0 aliphatic carbocycles. The number of hydrogen-bond acceptors (Lipinski definition) is 3. The minimum absolute atomic E-state index is 0.0413. The van der Waals surface area contributed by atoms with Crippen LogP contribution in [0, 0.1) is 0 Å². The standard InChI is InChI=1S/C15H16F3NO2/c1-4-13(20)11(9-19(2)3)14(21)10-7-5-6-8-12(10)15(16,17)18/h5-9H,4H2,1-3H3. The molecule has 0 N–H and O–H groups in total. The molecular formula is C15H16F3NO2. The van der Waals surface area contributed by atoms with Crippen LogP contribution in [0.15, 0.2) is 36.0 Å². The number of halogens is 3. The van der Waals surface area contributed by atoms with E-state index in [2.05, 4.69) is 0 Å². The third-order valence-corrected chi connectivity index (χ3v) is 2.73. The molecule has 0 aliphatic heterocycles. The van der Waals surface area contributed by atoms with Gasteiger partial charge in [0.2, 0.25) is 0 Å². The smallest absolute Gasteiger partial charge is 0.383 e. The van der Waals surface area contributed by atoms with Crippen LogP contribution in [-0.4, -0.2) is 30.6 Å². The Balaban J connectivity index is 3.39. The Hall–Kier alpha value is -2.11. The quantitative estimate of drug-likeness (QED) is 0.362. The molecule has 0 aromatic heterocycles. The minimum Gasteiger partial charge on any atom is -0.383 e. The summed E-state index contributed by atoms with van der Waals surface area (Å²) in [5.41, 5.74) is -1.80. The molecule has 0 heterocycles. The lowest BCUT2D eigenvalue weighted by atomic mass is 9.95. The van der Waals surface area contributed by atoms with Crippen molar-refractivity contribution in [3.05, 3.63) is 47.2 Å². The van der Waals surface area contributed by atoms with Crippen LogP contribution < -0.4 is 0 Å². The fourth-order valence-corrected chi connectivity index (χ4v) is 1.78. The monoisotopic (exact) mass is 299 g/mol. The fourth-order valence-electron chi connectivity index (χ4n) is 1.78. The summed E-state index contributed by atoms with van der Waals surface area (Å²) in [7, 11) is 3.18. The van der Waals surface area contributed by atoms with Crippen LogP contribution in [0.4, 0.5) is 13.2 Å². The molecule has 0 saturated heterocycles. The normalized spacial score (nSPS) is 12.2. The number of carbonyl (C=O) groups excluding carboxylic acids is 2. The highest BCUT2D eigenvalue weighted by Crippen LogP contribution is 2.33. The van der Waals surface area contributed by atoms with Crippen LogP contribution in [0.5, 0.6) is 0 Å². The van der Waals surface area contributed by atoms with Gasteiger partial charge in [-0.25, -0.2) is 0 Å². The fraction of sp³-hybridized carbons (Fsp3) is 0.333. The van der Waals surface area contributed by atoms with Crippen LogP contribution in [0.3, 0.4) is 0 Å². The first-order valence-corrected chi connectivity index (χ1v) is 6.30. The molecule has 0 bridgehead atoms. The first-order valence-electron chi connectivity index (χ1n) is 6.30. The van der Waals surface area contributed by atoms with Crippen LogP contribution in [0.25, 0.3) is 0 Å². The molecule has 0 spiro atoms. The van der Waals surface area contributed by atoms with Crippen LogP contribution in [0.1, 0.15) is 29.3 Å². The van der Waals surface area contributed by atoms with E-state index in [0.717, 1.165) is 12.1 Å². The zero-order valence-corrected chi connectivity index (χ0v) is 12.0. The van der Waals surface area contributed by atoms with E-state index in [0.29, 0.717) is 0 Å². The Morgan fingerprint density at radius 2 is 1.76 bits per heavy atom. The maximum absolute atomic E-state index is 13.0. The lowest BCUT2D eigenvalue weighted by Crippen LogP contribution is -2.20. The molecule has 0 unspecified atom stereocenters. The van der Waals surface area contributed by atoms with E-state index in [1.807, 2.05) is 0 Å². The Kier molecular flexibility index (Phi) is 5.29. The number of nitrogens with zero attached hydrogens (tertiary/aromatic N) is 1. The van der Waals surface area contributed by atoms with Gasteiger partial charge in [-0.1, -0.05) is 25.1 Å². The van der Waals surface area contributed by atoms with Crippen molar-refractivity contribution in [2.24, 2.45) is 0 Å². The highest BCUT2D eigenvalue weighted by Gasteiger charge is 2.36. The van der Waals surface area contributed by atoms with Gasteiger partial charge in [-0.2, -0.15) is 13.2 Å². The lowest BCUT2D eigenvalue weighted by molar-refractivity contribution is -0.138. The predicted molar refractivity (Wildman–Crippen MR) is 72.8 cm³/mol. The van der Waals surface area contributed by atoms with Crippen molar-refractivity contribution in [3.8, 4) is 0 Å². The van der Waals surface area contributed by atoms with E-state index in [1.54, 1.807) is 21.0 Å². The first kappa shape index (κ1) is 16.9. The molecule has 6 heteroatoms.